The van der Waals surface area contributed by atoms with E-state index in [1.165, 1.54) is 11.8 Å². The molecule has 0 radical (unpaired) electrons. The number of nitrogens with zero attached hydrogens (tertiary/aromatic N) is 3. The number of ether oxygens (including phenoxy) is 2. The fourth-order valence-electron chi connectivity index (χ4n) is 3.45. The molecule has 1 amide bonds. The number of benzene rings is 3. The third-order valence-corrected chi connectivity index (χ3v) is 6.56. The average Bonchev–Trinajstić information content (AvgIpc) is 2.92. The summed E-state index contributed by atoms with van der Waals surface area (Å²) in [5, 5.41) is 11.9. The van der Waals surface area contributed by atoms with E-state index in [0.717, 1.165) is 28.3 Å². The Balaban J connectivity index is 1.66. The molecule has 4 rings (SSSR count). The van der Waals surface area contributed by atoms with Crippen LogP contribution in [0.4, 0.5) is 5.69 Å². The second-order valence-electron chi connectivity index (χ2n) is 7.62. The SMILES string of the molecule is CCC(Sc1nnc(-c2ccc(OC)cc2)c(-c2ccc(OC)cc2)n1)C(=O)Nc1ccccc1. The molecule has 8 heteroatoms. The van der Waals surface area contributed by atoms with Crippen molar-refractivity contribution >= 4 is 23.4 Å². The van der Waals surface area contributed by atoms with Crippen LogP contribution in [0.3, 0.4) is 0 Å². The van der Waals surface area contributed by atoms with Crippen molar-refractivity contribution < 1.29 is 14.3 Å². The summed E-state index contributed by atoms with van der Waals surface area (Å²) < 4.78 is 10.6. The van der Waals surface area contributed by atoms with E-state index in [-0.39, 0.29) is 11.2 Å². The van der Waals surface area contributed by atoms with Crippen molar-refractivity contribution in [1.82, 2.24) is 15.2 Å². The molecular weight excluding hydrogens is 460 g/mol. The molecular formula is C27H26N4O3S. The van der Waals surface area contributed by atoms with Crippen LogP contribution in [0, 0.1) is 0 Å². The highest BCUT2D eigenvalue weighted by Crippen LogP contribution is 2.33. The zero-order chi connectivity index (χ0) is 24.6. The van der Waals surface area contributed by atoms with Gasteiger partial charge in [0.25, 0.3) is 0 Å². The Kier molecular flexibility index (Phi) is 7.95. The maximum Gasteiger partial charge on any atom is 0.237 e. The van der Waals surface area contributed by atoms with Crippen LogP contribution in [0.1, 0.15) is 13.3 Å². The number of thioether (sulfide) groups is 1. The van der Waals surface area contributed by atoms with Gasteiger partial charge in [0.1, 0.15) is 22.9 Å². The first-order valence-electron chi connectivity index (χ1n) is 11.2. The number of hydrogen-bond acceptors (Lipinski definition) is 7. The third kappa shape index (κ3) is 5.96. The lowest BCUT2D eigenvalue weighted by atomic mass is 10.0. The molecule has 0 bridgehead atoms. The van der Waals surface area contributed by atoms with Crippen LogP contribution in [0.2, 0.25) is 0 Å². The fourth-order valence-corrected chi connectivity index (χ4v) is 4.27. The van der Waals surface area contributed by atoms with Crippen LogP contribution in [0.15, 0.2) is 84.0 Å². The molecule has 0 aliphatic rings. The summed E-state index contributed by atoms with van der Waals surface area (Å²) in [7, 11) is 3.26. The minimum atomic E-state index is -0.368. The molecule has 0 spiro atoms. The van der Waals surface area contributed by atoms with E-state index in [4.69, 9.17) is 14.5 Å². The zero-order valence-electron chi connectivity index (χ0n) is 19.8. The van der Waals surface area contributed by atoms with Gasteiger partial charge in [0, 0.05) is 16.8 Å². The summed E-state index contributed by atoms with van der Waals surface area (Å²) in [6.07, 6.45) is 0.616. The van der Waals surface area contributed by atoms with Gasteiger partial charge in [-0.3, -0.25) is 4.79 Å². The van der Waals surface area contributed by atoms with Crippen molar-refractivity contribution in [3.05, 3.63) is 78.9 Å². The maximum absolute atomic E-state index is 12.9. The minimum absolute atomic E-state index is 0.0995. The summed E-state index contributed by atoms with van der Waals surface area (Å²) in [6.45, 7) is 1.96. The number of aromatic nitrogens is 3. The standard InChI is InChI=1S/C27H26N4O3S/c1-4-23(26(32)28-20-8-6-5-7-9-20)35-27-29-24(18-10-14-21(33-2)15-11-18)25(30-31-27)19-12-16-22(34-3)17-13-19/h5-17,23H,4H2,1-3H3,(H,28,32). The molecule has 1 N–H and O–H groups in total. The van der Waals surface area contributed by atoms with Gasteiger partial charge < -0.3 is 14.8 Å². The molecule has 0 saturated heterocycles. The Bertz CT molecular complexity index is 1270. The molecule has 0 aliphatic heterocycles. The topological polar surface area (TPSA) is 86.2 Å². The number of nitrogens with one attached hydrogen (secondary N) is 1. The van der Waals surface area contributed by atoms with E-state index in [2.05, 4.69) is 15.5 Å². The second-order valence-corrected chi connectivity index (χ2v) is 8.79. The molecule has 4 aromatic rings. The Labute approximate surface area is 208 Å². The van der Waals surface area contributed by atoms with Gasteiger partial charge in [-0.2, -0.15) is 0 Å². The third-order valence-electron chi connectivity index (χ3n) is 5.35. The van der Waals surface area contributed by atoms with Gasteiger partial charge in [0.15, 0.2) is 0 Å². The lowest BCUT2D eigenvalue weighted by Gasteiger charge is -2.15. The van der Waals surface area contributed by atoms with Crippen LogP contribution < -0.4 is 14.8 Å². The van der Waals surface area contributed by atoms with Crippen LogP contribution >= 0.6 is 11.8 Å². The molecule has 1 unspecified atom stereocenters. The number of rotatable bonds is 9. The smallest absolute Gasteiger partial charge is 0.237 e. The minimum Gasteiger partial charge on any atom is -0.497 e. The molecule has 7 nitrogen and oxygen atoms in total. The van der Waals surface area contributed by atoms with Crippen LogP contribution in [-0.4, -0.2) is 40.6 Å². The van der Waals surface area contributed by atoms with E-state index in [9.17, 15) is 4.79 Å². The molecule has 178 valence electrons. The van der Waals surface area contributed by atoms with Crippen molar-refractivity contribution in [3.8, 4) is 34.0 Å². The summed E-state index contributed by atoms with van der Waals surface area (Å²) in [5.41, 5.74) is 3.80. The van der Waals surface area contributed by atoms with Gasteiger partial charge in [-0.1, -0.05) is 36.9 Å². The summed E-state index contributed by atoms with van der Waals surface area (Å²) >= 11 is 1.30. The Morgan fingerprint density at radius 3 is 1.94 bits per heavy atom. The number of para-hydroxylation sites is 1. The van der Waals surface area contributed by atoms with Crippen LogP contribution in [0.25, 0.3) is 22.5 Å². The highest BCUT2D eigenvalue weighted by Gasteiger charge is 2.22. The number of hydrogen-bond donors (Lipinski definition) is 1. The molecule has 1 atom stereocenters. The predicted molar refractivity (Wildman–Crippen MR) is 139 cm³/mol. The largest absolute Gasteiger partial charge is 0.497 e. The van der Waals surface area contributed by atoms with Gasteiger partial charge in [0.05, 0.1) is 19.5 Å². The van der Waals surface area contributed by atoms with Gasteiger partial charge in [-0.15, -0.1) is 10.2 Å². The van der Waals surface area contributed by atoms with Gasteiger partial charge >= 0.3 is 0 Å². The quantitative estimate of drug-likeness (QED) is 0.302. The van der Waals surface area contributed by atoms with Crippen LogP contribution in [0.5, 0.6) is 11.5 Å². The molecule has 3 aromatic carbocycles. The molecule has 0 fully saturated rings. The Hall–Kier alpha value is -3.91. The molecule has 1 aromatic heterocycles. The van der Waals surface area contributed by atoms with E-state index in [0.29, 0.717) is 23.0 Å². The highest BCUT2D eigenvalue weighted by atomic mass is 32.2. The van der Waals surface area contributed by atoms with Gasteiger partial charge in [-0.25, -0.2) is 4.98 Å². The van der Waals surface area contributed by atoms with E-state index < -0.39 is 0 Å². The summed E-state index contributed by atoms with van der Waals surface area (Å²) in [4.78, 5) is 17.7. The van der Waals surface area contributed by atoms with Crippen molar-refractivity contribution in [1.29, 1.82) is 0 Å². The van der Waals surface area contributed by atoms with Crippen LogP contribution in [-0.2, 0) is 4.79 Å². The molecule has 0 aliphatic carbocycles. The van der Waals surface area contributed by atoms with Gasteiger partial charge in [0.2, 0.25) is 11.1 Å². The fraction of sp³-hybridized carbons (Fsp3) is 0.185. The first-order chi connectivity index (χ1) is 17.1. The number of anilines is 1. The summed E-state index contributed by atoms with van der Waals surface area (Å²) in [6, 6.07) is 24.6. The average molecular weight is 487 g/mol. The monoisotopic (exact) mass is 486 g/mol. The van der Waals surface area contributed by atoms with Gasteiger partial charge in [-0.05, 0) is 67.1 Å². The lowest BCUT2D eigenvalue weighted by Crippen LogP contribution is -2.24. The van der Waals surface area contributed by atoms with Crippen molar-refractivity contribution in [2.75, 3.05) is 19.5 Å². The Morgan fingerprint density at radius 2 is 1.40 bits per heavy atom. The van der Waals surface area contributed by atoms with E-state index in [1.54, 1.807) is 14.2 Å². The number of methoxy groups -OCH3 is 2. The first-order valence-corrected chi connectivity index (χ1v) is 12.1. The molecule has 35 heavy (non-hydrogen) atoms. The zero-order valence-corrected chi connectivity index (χ0v) is 20.6. The normalized spacial score (nSPS) is 11.5. The first kappa shape index (κ1) is 24.2. The van der Waals surface area contributed by atoms with Crippen molar-refractivity contribution in [2.45, 2.75) is 23.8 Å². The number of amides is 1. The Morgan fingerprint density at radius 1 is 0.829 bits per heavy atom. The second kappa shape index (κ2) is 11.5. The molecule has 1 heterocycles. The number of carbonyl (C=O) groups is 1. The predicted octanol–water partition coefficient (Wildman–Crippen LogP) is 5.73. The maximum atomic E-state index is 12.9. The van der Waals surface area contributed by atoms with Crippen molar-refractivity contribution in [3.63, 3.8) is 0 Å². The number of carbonyl (C=O) groups excluding carboxylic acids is 1. The lowest BCUT2D eigenvalue weighted by molar-refractivity contribution is -0.115. The van der Waals surface area contributed by atoms with E-state index >= 15 is 0 Å². The van der Waals surface area contributed by atoms with Crippen molar-refractivity contribution in [2.24, 2.45) is 0 Å². The molecule has 0 saturated carbocycles. The highest BCUT2D eigenvalue weighted by molar-refractivity contribution is 8.00. The summed E-state index contributed by atoms with van der Waals surface area (Å²) in [5.74, 6) is 1.40. The van der Waals surface area contributed by atoms with E-state index in [1.807, 2.05) is 85.8 Å².